The van der Waals surface area contributed by atoms with Crippen LogP contribution in [0.5, 0.6) is 0 Å². The molecule has 28 heavy (non-hydrogen) atoms. The number of imidazole rings is 1. The first-order valence-electron chi connectivity index (χ1n) is 8.94. The highest BCUT2D eigenvalue weighted by Gasteiger charge is 2.22. The van der Waals surface area contributed by atoms with Gasteiger partial charge in [-0.1, -0.05) is 36.4 Å². The van der Waals surface area contributed by atoms with Crippen molar-refractivity contribution in [2.24, 2.45) is 14.1 Å². The number of nitriles is 1. The zero-order valence-corrected chi connectivity index (χ0v) is 15.5. The molecule has 1 N–H and O–H groups in total. The number of aromatic nitrogens is 4. The molecule has 136 valence electrons. The number of benzene rings is 2. The third-order valence-electron chi connectivity index (χ3n) is 5.28. The van der Waals surface area contributed by atoms with Crippen LogP contribution in [0.25, 0.3) is 38.8 Å². The van der Waals surface area contributed by atoms with E-state index in [2.05, 4.69) is 11.1 Å². The summed E-state index contributed by atoms with van der Waals surface area (Å²) >= 11 is 0. The fourth-order valence-electron chi connectivity index (χ4n) is 4.03. The largest absolute Gasteiger partial charge is 0.350 e. The van der Waals surface area contributed by atoms with Crippen molar-refractivity contribution >= 4 is 21.8 Å². The fraction of sp³-hybridized carbons (Fsp3) is 0.0909. The summed E-state index contributed by atoms with van der Waals surface area (Å²) in [5.41, 5.74) is 4.18. The number of aryl methyl sites for hydroxylation is 2. The van der Waals surface area contributed by atoms with Gasteiger partial charge in [0.2, 0.25) is 0 Å². The number of fused-ring (bicyclic) bond motifs is 2. The van der Waals surface area contributed by atoms with Gasteiger partial charge in [0, 0.05) is 53.9 Å². The maximum atomic E-state index is 12.9. The van der Waals surface area contributed by atoms with E-state index in [1.165, 1.54) is 0 Å². The van der Waals surface area contributed by atoms with Crippen LogP contribution in [0.3, 0.4) is 0 Å². The second kappa shape index (κ2) is 5.76. The molecule has 0 fully saturated rings. The van der Waals surface area contributed by atoms with Crippen LogP contribution in [-0.4, -0.2) is 18.7 Å². The van der Waals surface area contributed by atoms with Gasteiger partial charge in [-0.05, 0) is 12.1 Å². The normalized spacial score (nSPS) is 11.3. The van der Waals surface area contributed by atoms with E-state index in [9.17, 15) is 10.1 Å². The lowest BCUT2D eigenvalue weighted by Crippen LogP contribution is -2.15. The smallest absolute Gasteiger partial charge is 0.331 e. The first-order valence-corrected chi connectivity index (χ1v) is 8.94. The maximum Gasteiger partial charge on any atom is 0.331 e. The fourth-order valence-corrected chi connectivity index (χ4v) is 4.03. The van der Waals surface area contributed by atoms with Crippen LogP contribution in [0.4, 0.5) is 0 Å². The van der Waals surface area contributed by atoms with Crippen molar-refractivity contribution in [1.29, 1.82) is 5.26 Å². The van der Waals surface area contributed by atoms with Gasteiger partial charge in [0.15, 0.2) is 0 Å². The van der Waals surface area contributed by atoms with E-state index in [-0.39, 0.29) is 11.4 Å². The van der Waals surface area contributed by atoms with Crippen LogP contribution in [-0.2, 0) is 14.1 Å². The maximum absolute atomic E-state index is 12.9. The molecule has 0 atom stereocenters. The Hall–Kier alpha value is -3.98. The molecule has 2 aromatic carbocycles. The summed E-state index contributed by atoms with van der Waals surface area (Å²) in [6.07, 6.45) is 3.89. The Labute approximate surface area is 160 Å². The van der Waals surface area contributed by atoms with Gasteiger partial charge in [-0.15, -0.1) is 0 Å². The van der Waals surface area contributed by atoms with E-state index in [4.69, 9.17) is 0 Å². The number of nitrogens with zero attached hydrogens (tertiary/aromatic N) is 4. The third kappa shape index (κ3) is 2.10. The van der Waals surface area contributed by atoms with Crippen LogP contribution in [0.2, 0.25) is 0 Å². The Kier molecular flexibility index (Phi) is 3.34. The van der Waals surface area contributed by atoms with Crippen molar-refractivity contribution in [2.45, 2.75) is 0 Å². The Balaban J connectivity index is 1.93. The molecule has 0 aliphatic carbocycles. The number of aromatic amines is 1. The quantitative estimate of drug-likeness (QED) is 0.517. The van der Waals surface area contributed by atoms with Crippen molar-refractivity contribution in [1.82, 2.24) is 18.7 Å². The van der Waals surface area contributed by atoms with Gasteiger partial charge in [-0.3, -0.25) is 9.55 Å². The highest BCUT2D eigenvalue weighted by Crippen LogP contribution is 2.34. The molecule has 5 aromatic rings. The molecular formula is C22H17N5O. The predicted molar refractivity (Wildman–Crippen MR) is 109 cm³/mol. The topological polar surface area (TPSA) is 71.4 Å². The van der Waals surface area contributed by atoms with Crippen LogP contribution >= 0.6 is 0 Å². The highest BCUT2D eigenvalue weighted by molar-refractivity contribution is 5.97. The summed E-state index contributed by atoms with van der Waals surface area (Å²) in [6, 6.07) is 18.1. The molecule has 0 spiro atoms. The minimum atomic E-state index is -0.323. The summed E-state index contributed by atoms with van der Waals surface area (Å²) in [5.74, 6) is 0. The van der Waals surface area contributed by atoms with Crippen LogP contribution in [0, 0.1) is 11.3 Å². The Morgan fingerprint density at radius 2 is 1.50 bits per heavy atom. The minimum Gasteiger partial charge on any atom is -0.350 e. The summed E-state index contributed by atoms with van der Waals surface area (Å²) in [4.78, 5) is 15.7. The second-order valence-electron chi connectivity index (χ2n) is 6.91. The lowest BCUT2D eigenvalue weighted by Gasteiger charge is -2.06. The molecule has 3 heterocycles. The molecule has 0 unspecified atom stereocenters. The van der Waals surface area contributed by atoms with Gasteiger partial charge in [-0.25, -0.2) is 4.79 Å². The molecule has 0 radical (unpaired) electrons. The molecule has 6 heteroatoms. The molecule has 0 bridgehead atoms. The van der Waals surface area contributed by atoms with Crippen LogP contribution in [0.1, 0.15) is 5.69 Å². The van der Waals surface area contributed by atoms with Crippen LogP contribution in [0.15, 0.2) is 65.7 Å². The van der Waals surface area contributed by atoms with Gasteiger partial charge < -0.3 is 9.13 Å². The molecule has 0 aliphatic rings. The molecule has 3 aromatic heterocycles. The lowest BCUT2D eigenvalue weighted by molar-refractivity contribution is 0.937. The second-order valence-corrected chi connectivity index (χ2v) is 6.91. The first-order chi connectivity index (χ1) is 13.6. The molecule has 0 amide bonds. The minimum absolute atomic E-state index is 0.259. The third-order valence-corrected chi connectivity index (χ3v) is 5.28. The van der Waals surface area contributed by atoms with E-state index in [1.54, 1.807) is 4.57 Å². The predicted octanol–water partition coefficient (Wildman–Crippen LogP) is 3.69. The van der Waals surface area contributed by atoms with Gasteiger partial charge in [0.25, 0.3) is 0 Å². The van der Waals surface area contributed by atoms with Crippen molar-refractivity contribution < 1.29 is 0 Å². The average molecular weight is 367 g/mol. The molecular weight excluding hydrogens is 350 g/mol. The summed E-state index contributed by atoms with van der Waals surface area (Å²) < 4.78 is 5.61. The van der Waals surface area contributed by atoms with E-state index in [1.807, 2.05) is 84.2 Å². The van der Waals surface area contributed by atoms with Crippen molar-refractivity contribution in [3.63, 3.8) is 0 Å². The Morgan fingerprint density at radius 1 is 0.893 bits per heavy atom. The summed E-state index contributed by atoms with van der Waals surface area (Å²) in [5, 5.41) is 11.7. The average Bonchev–Trinajstić information content (AvgIpc) is 3.33. The number of H-pyrrole nitrogens is 1. The number of hydrogen-bond acceptors (Lipinski definition) is 2. The molecule has 0 saturated carbocycles. The highest BCUT2D eigenvalue weighted by atomic mass is 16.1. The van der Waals surface area contributed by atoms with E-state index in [0.29, 0.717) is 5.69 Å². The standard InChI is InChI=1S/C22H17N5O/c1-25-12-16(14-7-3-5-9-18(14)25)21-17(11-23)24-22(28)27(21)20-13-26(2)19-10-6-4-8-15(19)20/h3-10,12-13H,1-2H3,(H,24,28). The Bertz CT molecular complexity index is 1470. The van der Waals surface area contributed by atoms with Crippen LogP contribution < -0.4 is 5.69 Å². The van der Waals surface area contributed by atoms with E-state index in [0.717, 1.165) is 33.1 Å². The van der Waals surface area contributed by atoms with E-state index >= 15 is 0 Å². The lowest BCUT2D eigenvalue weighted by atomic mass is 10.1. The van der Waals surface area contributed by atoms with E-state index < -0.39 is 0 Å². The van der Waals surface area contributed by atoms with Gasteiger partial charge >= 0.3 is 5.69 Å². The number of para-hydroxylation sites is 2. The van der Waals surface area contributed by atoms with Crippen molar-refractivity contribution in [3.05, 3.63) is 77.1 Å². The zero-order valence-electron chi connectivity index (χ0n) is 15.5. The number of nitrogens with one attached hydrogen (secondary N) is 1. The molecule has 0 saturated heterocycles. The summed E-state index contributed by atoms with van der Waals surface area (Å²) in [6.45, 7) is 0. The monoisotopic (exact) mass is 367 g/mol. The number of rotatable bonds is 2. The van der Waals surface area contributed by atoms with Gasteiger partial charge in [-0.2, -0.15) is 5.26 Å². The summed E-state index contributed by atoms with van der Waals surface area (Å²) in [7, 11) is 3.91. The van der Waals surface area contributed by atoms with Gasteiger partial charge in [0.1, 0.15) is 11.8 Å². The molecule has 0 aliphatic heterocycles. The SMILES string of the molecule is Cn1cc(-c2c(C#N)[nH]c(=O)n2-c2cn(C)c3ccccc23)c2ccccc21. The van der Waals surface area contributed by atoms with Crippen molar-refractivity contribution in [3.8, 4) is 23.0 Å². The Morgan fingerprint density at radius 3 is 2.21 bits per heavy atom. The molecule has 6 nitrogen and oxygen atoms in total. The van der Waals surface area contributed by atoms with Gasteiger partial charge in [0.05, 0.1) is 11.4 Å². The molecule has 5 rings (SSSR count). The van der Waals surface area contributed by atoms with Crippen molar-refractivity contribution in [2.75, 3.05) is 0 Å². The number of hydrogen-bond donors (Lipinski definition) is 1. The first kappa shape index (κ1) is 16.2. The zero-order chi connectivity index (χ0) is 19.4.